The molecule has 5 rings (SSSR count). The van der Waals surface area contributed by atoms with Gasteiger partial charge in [-0.25, -0.2) is 19.7 Å². The summed E-state index contributed by atoms with van der Waals surface area (Å²) < 4.78 is 1.70. The lowest BCUT2D eigenvalue weighted by atomic mass is 10.1. The minimum atomic E-state index is -0.262. The van der Waals surface area contributed by atoms with E-state index in [0.29, 0.717) is 35.4 Å². The highest BCUT2D eigenvalue weighted by atomic mass is 35.5. The minimum absolute atomic E-state index is 0.262. The number of carbonyl (C=O) groups is 1. The van der Waals surface area contributed by atoms with Crippen molar-refractivity contribution in [2.45, 2.75) is 6.42 Å². The molecule has 160 valence electrons. The van der Waals surface area contributed by atoms with E-state index in [-0.39, 0.29) is 6.03 Å². The van der Waals surface area contributed by atoms with Crippen molar-refractivity contribution in [1.29, 1.82) is 0 Å². The first-order valence-electron chi connectivity index (χ1n) is 9.99. The standard InChI is InChI=1S/C22H19ClN8O/c1-30-19(7-10-26-30)29-21-24-9-6-17(27-21)15-12-14-8-11-31(20(14)25-13-15)22(32)28-18-5-3-2-4-16(18)23/h2-7,9-10,12-13H,8,11H2,1H3,(H,28,32)(H,24,27,29). The quantitative estimate of drug-likeness (QED) is 0.485. The van der Waals surface area contributed by atoms with Crippen LogP contribution in [0, 0.1) is 0 Å². The van der Waals surface area contributed by atoms with Crippen molar-refractivity contribution in [3.8, 4) is 11.3 Å². The summed E-state index contributed by atoms with van der Waals surface area (Å²) in [5, 5.41) is 10.6. The van der Waals surface area contributed by atoms with Crippen molar-refractivity contribution in [3.05, 3.63) is 71.6 Å². The highest BCUT2D eigenvalue weighted by molar-refractivity contribution is 6.33. The van der Waals surface area contributed by atoms with Crippen LogP contribution in [0.1, 0.15) is 5.56 Å². The molecule has 0 atom stereocenters. The number of amides is 2. The van der Waals surface area contributed by atoms with Crippen LogP contribution in [0.3, 0.4) is 0 Å². The van der Waals surface area contributed by atoms with Crippen molar-refractivity contribution in [2.24, 2.45) is 7.05 Å². The molecule has 10 heteroatoms. The van der Waals surface area contributed by atoms with E-state index < -0.39 is 0 Å². The first kappa shape index (κ1) is 20.0. The van der Waals surface area contributed by atoms with Crippen molar-refractivity contribution in [3.63, 3.8) is 0 Å². The normalized spacial score (nSPS) is 12.5. The van der Waals surface area contributed by atoms with Gasteiger partial charge in [-0.15, -0.1) is 0 Å². The second-order valence-electron chi connectivity index (χ2n) is 7.25. The second kappa shape index (κ2) is 8.27. The number of pyridine rings is 1. The SMILES string of the molecule is Cn1nccc1Nc1nccc(-c2cnc3c(c2)CCN3C(=O)Nc2ccccc2Cl)n1. The second-order valence-corrected chi connectivity index (χ2v) is 7.66. The highest BCUT2D eigenvalue weighted by Crippen LogP contribution is 2.31. The van der Waals surface area contributed by atoms with Crippen molar-refractivity contribution in [1.82, 2.24) is 24.7 Å². The molecule has 0 aliphatic carbocycles. The number of hydrogen-bond acceptors (Lipinski definition) is 6. The van der Waals surface area contributed by atoms with E-state index in [1.807, 2.05) is 37.4 Å². The van der Waals surface area contributed by atoms with E-state index in [0.717, 1.165) is 22.6 Å². The van der Waals surface area contributed by atoms with E-state index in [1.165, 1.54) is 0 Å². The van der Waals surface area contributed by atoms with Crippen molar-refractivity contribution >= 4 is 40.9 Å². The summed E-state index contributed by atoms with van der Waals surface area (Å²) in [6.45, 7) is 0.541. The number of hydrogen-bond donors (Lipinski definition) is 2. The molecule has 32 heavy (non-hydrogen) atoms. The summed E-state index contributed by atoms with van der Waals surface area (Å²) in [5.74, 6) is 1.89. The molecule has 3 aromatic heterocycles. The first-order valence-corrected chi connectivity index (χ1v) is 10.4. The Bertz CT molecular complexity index is 1300. The number of fused-ring (bicyclic) bond motifs is 1. The van der Waals surface area contributed by atoms with Gasteiger partial charge in [0.15, 0.2) is 0 Å². The molecule has 1 aromatic carbocycles. The Morgan fingerprint density at radius 1 is 1.12 bits per heavy atom. The Kier molecular flexibility index (Phi) is 5.16. The topological polar surface area (TPSA) is 101 Å². The number of nitrogens with zero attached hydrogens (tertiary/aromatic N) is 6. The molecule has 0 fully saturated rings. The fourth-order valence-electron chi connectivity index (χ4n) is 3.54. The lowest BCUT2D eigenvalue weighted by Crippen LogP contribution is -2.33. The fourth-order valence-corrected chi connectivity index (χ4v) is 3.73. The third kappa shape index (κ3) is 3.85. The van der Waals surface area contributed by atoms with Crippen LogP contribution in [0.2, 0.25) is 5.02 Å². The largest absolute Gasteiger partial charge is 0.327 e. The van der Waals surface area contributed by atoms with Crippen molar-refractivity contribution in [2.75, 3.05) is 22.1 Å². The zero-order chi connectivity index (χ0) is 22.1. The van der Waals surface area contributed by atoms with Gasteiger partial charge in [0, 0.05) is 37.6 Å². The summed E-state index contributed by atoms with van der Waals surface area (Å²) in [7, 11) is 1.84. The number of aryl methyl sites for hydroxylation is 1. The number of benzene rings is 1. The van der Waals surface area contributed by atoms with Crippen LogP contribution in [0.5, 0.6) is 0 Å². The first-order chi connectivity index (χ1) is 15.6. The number of aromatic nitrogens is 5. The van der Waals surface area contributed by atoms with Crippen LogP contribution >= 0.6 is 11.6 Å². The van der Waals surface area contributed by atoms with Gasteiger partial charge in [-0.1, -0.05) is 23.7 Å². The third-order valence-electron chi connectivity index (χ3n) is 5.18. The van der Waals surface area contributed by atoms with Gasteiger partial charge >= 0.3 is 6.03 Å². The average molecular weight is 447 g/mol. The molecular weight excluding hydrogens is 428 g/mol. The number of nitrogens with one attached hydrogen (secondary N) is 2. The molecule has 2 N–H and O–H groups in total. The van der Waals surface area contributed by atoms with E-state index >= 15 is 0 Å². The Labute approximate surface area is 189 Å². The summed E-state index contributed by atoms with van der Waals surface area (Å²) >= 11 is 6.16. The zero-order valence-electron chi connectivity index (χ0n) is 17.2. The van der Waals surface area contributed by atoms with Crippen LogP contribution in [0.25, 0.3) is 11.3 Å². The average Bonchev–Trinajstić information content (AvgIpc) is 3.41. The van der Waals surface area contributed by atoms with Gasteiger partial charge < -0.3 is 10.6 Å². The summed E-state index contributed by atoms with van der Waals surface area (Å²) in [6.07, 6.45) is 5.81. The van der Waals surface area contributed by atoms with Gasteiger partial charge in [0.05, 0.1) is 22.6 Å². The molecule has 9 nitrogen and oxygen atoms in total. The molecular formula is C22H19ClN8O. The van der Waals surface area contributed by atoms with Crippen LogP contribution in [0.15, 0.2) is 61.1 Å². The Balaban J connectivity index is 1.36. The molecule has 0 unspecified atom stereocenters. The van der Waals surface area contributed by atoms with Gasteiger partial charge in [0.2, 0.25) is 5.95 Å². The molecule has 1 aliphatic heterocycles. The highest BCUT2D eigenvalue weighted by Gasteiger charge is 2.27. The molecule has 1 aliphatic rings. The number of halogens is 1. The number of carbonyl (C=O) groups excluding carboxylic acids is 1. The predicted octanol–water partition coefficient (Wildman–Crippen LogP) is 4.26. The number of anilines is 4. The third-order valence-corrected chi connectivity index (χ3v) is 5.51. The minimum Gasteiger partial charge on any atom is -0.309 e. The lowest BCUT2D eigenvalue weighted by Gasteiger charge is -2.17. The molecule has 0 saturated carbocycles. The summed E-state index contributed by atoms with van der Waals surface area (Å²) in [4.78, 5) is 27.8. The molecule has 0 bridgehead atoms. The molecule has 0 radical (unpaired) electrons. The summed E-state index contributed by atoms with van der Waals surface area (Å²) in [5.41, 5.74) is 3.14. The smallest absolute Gasteiger partial charge is 0.309 e. The Hall–Kier alpha value is -3.98. The number of urea groups is 1. The van der Waals surface area contributed by atoms with Crippen LogP contribution in [-0.4, -0.2) is 37.3 Å². The van der Waals surface area contributed by atoms with Crippen LogP contribution in [0.4, 0.5) is 28.1 Å². The Morgan fingerprint density at radius 3 is 2.81 bits per heavy atom. The molecule has 0 saturated heterocycles. The van der Waals surface area contributed by atoms with E-state index in [1.54, 1.807) is 40.3 Å². The van der Waals surface area contributed by atoms with Crippen molar-refractivity contribution < 1.29 is 4.79 Å². The van der Waals surface area contributed by atoms with Gasteiger partial charge in [0.25, 0.3) is 0 Å². The maximum absolute atomic E-state index is 12.8. The molecule has 4 heterocycles. The van der Waals surface area contributed by atoms with Gasteiger partial charge in [-0.05, 0) is 36.2 Å². The summed E-state index contributed by atoms with van der Waals surface area (Å²) in [6, 6.07) is 12.6. The van der Waals surface area contributed by atoms with Crippen LogP contribution in [-0.2, 0) is 13.5 Å². The number of para-hydroxylation sites is 1. The van der Waals surface area contributed by atoms with Gasteiger partial charge in [-0.2, -0.15) is 5.10 Å². The van der Waals surface area contributed by atoms with E-state index in [9.17, 15) is 4.79 Å². The molecule has 2 amide bonds. The van der Waals surface area contributed by atoms with E-state index in [2.05, 4.69) is 30.7 Å². The Morgan fingerprint density at radius 2 is 2.00 bits per heavy atom. The maximum atomic E-state index is 12.8. The van der Waals surface area contributed by atoms with E-state index in [4.69, 9.17) is 11.6 Å². The zero-order valence-corrected chi connectivity index (χ0v) is 17.9. The molecule has 0 spiro atoms. The lowest BCUT2D eigenvalue weighted by molar-refractivity contribution is 0.257. The number of rotatable bonds is 4. The van der Waals surface area contributed by atoms with Gasteiger partial charge in [-0.3, -0.25) is 9.58 Å². The van der Waals surface area contributed by atoms with Crippen LogP contribution < -0.4 is 15.5 Å². The monoisotopic (exact) mass is 446 g/mol. The predicted molar refractivity (Wildman–Crippen MR) is 123 cm³/mol. The van der Waals surface area contributed by atoms with Gasteiger partial charge in [0.1, 0.15) is 11.6 Å². The fraction of sp³-hybridized carbons (Fsp3) is 0.136. The molecule has 4 aromatic rings. The maximum Gasteiger partial charge on any atom is 0.327 e.